The number of hydrogen-bond acceptors (Lipinski definition) is 3. The minimum Gasteiger partial charge on any atom is -0.395 e. The van der Waals surface area contributed by atoms with E-state index in [-0.39, 0.29) is 19.3 Å². The summed E-state index contributed by atoms with van der Waals surface area (Å²) in [4.78, 5) is 0. The predicted molar refractivity (Wildman–Crippen MR) is 26.8 cm³/mol. The molecule has 0 heterocycles. The number of nitrogens with one attached hydrogen (secondary N) is 1. The lowest BCUT2D eigenvalue weighted by molar-refractivity contribution is 0.186. The molecule has 0 saturated carbocycles. The maximum atomic E-state index is 8.22. The lowest BCUT2D eigenvalue weighted by Gasteiger charge is -2.06. The van der Waals surface area contributed by atoms with Gasteiger partial charge in [0.2, 0.25) is 0 Å². The summed E-state index contributed by atoms with van der Waals surface area (Å²) in [5, 5.41) is 18.6. The monoisotopic (exact) mass is 101 g/mol. The standard InChI is InChI=1S/C3H8BNO2/c4-5-3(1-6)2-7/h3,5-7H,1-2H2. The van der Waals surface area contributed by atoms with Crippen LogP contribution in [0.1, 0.15) is 0 Å². The van der Waals surface area contributed by atoms with Crippen molar-refractivity contribution in [2.24, 2.45) is 0 Å². The zero-order valence-corrected chi connectivity index (χ0v) is 3.96. The highest BCUT2D eigenvalue weighted by molar-refractivity contribution is 6.04. The first-order valence-corrected chi connectivity index (χ1v) is 2.03. The second-order valence-electron chi connectivity index (χ2n) is 1.23. The Hall–Kier alpha value is -0.0551. The summed E-state index contributed by atoms with van der Waals surface area (Å²) in [5.41, 5.74) is 0. The van der Waals surface area contributed by atoms with Crippen LogP contribution in [-0.2, 0) is 0 Å². The van der Waals surface area contributed by atoms with Gasteiger partial charge in [-0.2, -0.15) is 0 Å². The number of aliphatic hydroxyl groups is 2. The molecule has 0 aliphatic carbocycles. The molecule has 0 spiro atoms. The first-order valence-electron chi connectivity index (χ1n) is 2.03. The molecule has 4 heteroatoms. The van der Waals surface area contributed by atoms with Crippen LogP contribution in [0.4, 0.5) is 0 Å². The minimum atomic E-state index is -0.375. The van der Waals surface area contributed by atoms with Crippen molar-refractivity contribution in [2.45, 2.75) is 6.04 Å². The second kappa shape index (κ2) is 4.11. The predicted octanol–water partition coefficient (Wildman–Crippen LogP) is -1.99. The Morgan fingerprint density at radius 1 is 1.43 bits per heavy atom. The van der Waals surface area contributed by atoms with Crippen LogP contribution in [0.5, 0.6) is 0 Å². The fourth-order valence-electron chi connectivity index (χ4n) is 0.163. The Kier molecular flexibility index (Phi) is 4.08. The third kappa shape index (κ3) is 2.62. The minimum absolute atomic E-state index is 0.132. The van der Waals surface area contributed by atoms with E-state index in [2.05, 4.69) is 5.23 Å². The van der Waals surface area contributed by atoms with Crippen LogP contribution < -0.4 is 5.23 Å². The third-order valence-electron chi connectivity index (χ3n) is 0.676. The van der Waals surface area contributed by atoms with Gasteiger partial charge in [0.25, 0.3) is 0 Å². The van der Waals surface area contributed by atoms with Crippen molar-refractivity contribution in [1.29, 1.82) is 0 Å². The summed E-state index contributed by atoms with van der Waals surface area (Å²) in [7, 11) is 4.82. The largest absolute Gasteiger partial charge is 0.395 e. The topological polar surface area (TPSA) is 52.5 Å². The maximum absolute atomic E-state index is 8.22. The second-order valence-corrected chi connectivity index (χ2v) is 1.23. The molecule has 7 heavy (non-hydrogen) atoms. The smallest absolute Gasteiger partial charge is 0.178 e. The van der Waals surface area contributed by atoms with E-state index >= 15 is 0 Å². The highest BCUT2D eigenvalue weighted by Crippen LogP contribution is 1.72. The van der Waals surface area contributed by atoms with Gasteiger partial charge in [0, 0.05) is 6.04 Å². The van der Waals surface area contributed by atoms with Gasteiger partial charge in [-0.25, -0.2) is 0 Å². The molecule has 3 N–H and O–H groups in total. The van der Waals surface area contributed by atoms with Gasteiger partial charge in [-0.05, 0) is 0 Å². The highest BCUT2D eigenvalue weighted by atomic mass is 16.3. The van der Waals surface area contributed by atoms with Crippen LogP contribution in [0.3, 0.4) is 0 Å². The van der Waals surface area contributed by atoms with Crippen molar-refractivity contribution in [3.63, 3.8) is 0 Å². The molecular weight excluding hydrogens is 92.8 g/mol. The van der Waals surface area contributed by atoms with E-state index < -0.39 is 0 Å². The summed E-state index contributed by atoms with van der Waals surface area (Å²) in [5.74, 6) is 0. The van der Waals surface area contributed by atoms with E-state index in [1.165, 1.54) is 0 Å². The van der Waals surface area contributed by atoms with Crippen molar-refractivity contribution < 1.29 is 10.2 Å². The molecule has 0 amide bonds. The molecule has 2 radical (unpaired) electrons. The molecular formula is C3H8BNO2. The van der Waals surface area contributed by atoms with Crippen molar-refractivity contribution in [1.82, 2.24) is 5.23 Å². The van der Waals surface area contributed by atoms with Gasteiger partial charge >= 0.3 is 0 Å². The summed E-state index contributed by atoms with van der Waals surface area (Å²) in [6, 6.07) is -0.375. The van der Waals surface area contributed by atoms with Gasteiger partial charge in [-0.1, -0.05) is 0 Å². The van der Waals surface area contributed by atoms with Gasteiger partial charge in [0.05, 0.1) is 13.2 Å². The van der Waals surface area contributed by atoms with E-state index in [0.29, 0.717) is 0 Å². The molecule has 0 aromatic rings. The van der Waals surface area contributed by atoms with Crippen molar-refractivity contribution in [3.05, 3.63) is 0 Å². The SMILES string of the molecule is [B]NC(CO)CO. The Labute approximate surface area is 43.8 Å². The van der Waals surface area contributed by atoms with Crippen LogP contribution in [0.25, 0.3) is 0 Å². The zero-order chi connectivity index (χ0) is 5.70. The van der Waals surface area contributed by atoms with Crippen molar-refractivity contribution in [2.75, 3.05) is 13.2 Å². The van der Waals surface area contributed by atoms with Gasteiger partial charge in [-0.3, -0.25) is 0 Å². The van der Waals surface area contributed by atoms with E-state index in [1.54, 1.807) is 0 Å². The van der Waals surface area contributed by atoms with E-state index in [0.717, 1.165) is 0 Å². The average Bonchev–Trinajstić information content (AvgIpc) is 1.72. The Bertz CT molecular complexity index is 34.4. The van der Waals surface area contributed by atoms with Crippen LogP contribution in [-0.4, -0.2) is 37.4 Å². The molecule has 0 aromatic heterocycles. The first-order chi connectivity index (χ1) is 3.35. The maximum Gasteiger partial charge on any atom is 0.178 e. The fourth-order valence-corrected chi connectivity index (χ4v) is 0.163. The summed E-state index contributed by atoms with van der Waals surface area (Å²) in [6.45, 7) is -0.264. The molecule has 0 aliphatic rings. The normalized spacial score (nSPS) is 10.1. The summed E-state index contributed by atoms with van der Waals surface area (Å²) >= 11 is 0. The van der Waals surface area contributed by atoms with Crippen molar-refractivity contribution in [3.8, 4) is 0 Å². The van der Waals surface area contributed by atoms with Gasteiger partial charge in [0.1, 0.15) is 0 Å². The van der Waals surface area contributed by atoms with Crippen molar-refractivity contribution >= 4 is 7.98 Å². The molecule has 0 unspecified atom stereocenters. The molecule has 0 atom stereocenters. The fraction of sp³-hybridized carbons (Fsp3) is 1.00. The number of hydrogen-bond donors (Lipinski definition) is 3. The number of rotatable bonds is 3. The van der Waals surface area contributed by atoms with Crippen LogP contribution in [0.15, 0.2) is 0 Å². The Morgan fingerprint density at radius 2 is 1.86 bits per heavy atom. The lowest BCUT2D eigenvalue weighted by atomic mass is 10.2. The summed E-state index contributed by atoms with van der Waals surface area (Å²) in [6.07, 6.45) is 0. The molecule has 0 saturated heterocycles. The number of aliphatic hydroxyl groups excluding tert-OH is 2. The third-order valence-corrected chi connectivity index (χ3v) is 0.676. The molecule has 0 aliphatic heterocycles. The van der Waals surface area contributed by atoms with Gasteiger partial charge in [-0.15, -0.1) is 0 Å². The molecule has 3 nitrogen and oxygen atoms in total. The molecule has 0 aromatic carbocycles. The average molecular weight is 101 g/mol. The molecule has 40 valence electrons. The van der Waals surface area contributed by atoms with E-state index in [4.69, 9.17) is 18.2 Å². The Balaban J connectivity index is 2.99. The lowest BCUT2D eigenvalue weighted by Crippen LogP contribution is -2.33. The van der Waals surface area contributed by atoms with E-state index in [1.807, 2.05) is 0 Å². The van der Waals surface area contributed by atoms with Gasteiger partial charge < -0.3 is 15.4 Å². The van der Waals surface area contributed by atoms with Crippen LogP contribution >= 0.6 is 0 Å². The molecule has 0 rings (SSSR count). The first kappa shape index (κ1) is 6.94. The highest BCUT2D eigenvalue weighted by Gasteiger charge is 1.97. The van der Waals surface area contributed by atoms with Crippen LogP contribution in [0.2, 0.25) is 0 Å². The molecule has 0 fully saturated rings. The molecule has 0 bridgehead atoms. The quantitative estimate of drug-likeness (QED) is 0.361. The van der Waals surface area contributed by atoms with Crippen LogP contribution in [0, 0.1) is 0 Å². The zero-order valence-electron chi connectivity index (χ0n) is 3.96. The van der Waals surface area contributed by atoms with Gasteiger partial charge in [0.15, 0.2) is 7.98 Å². The summed E-state index contributed by atoms with van der Waals surface area (Å²) < 4.78 is 0. The van der Waals surface area contributed by atoms with E-state index in [9.17, 15) is 0 Å². The Morgan fingerprint density at radius 3 is 1.86 bits per heavy atom.